The van der Waals surface area contributed by atoms with Gasteiger partial charge in [0.2, 0.25) is 0 Å². The zero-order valence-electron chi connectivity index (χ0n) is 16.7. The van der Waals surface area contributed by atoms with Gasteiger partial charge < -0.3 is 14.6 Å². The molecule has 0 fully saturated rings. The van der Waals surface area contributed by atoms with E-state index in [4.69, 9.17) is 9.47 Å². The summed E-state index contributed by atoms with van der Waals surface area (Å²) >= 11 is 0. The van der Waals surface area contributed by atoms with E-state index in [0.717, 1.165) is 62.4 Å². The van der Waals surface area contributed by atoms with Crippen LogP contribution in [0.1, 0.15) is 65.2 Å². The molecule has 0 saturated carbocycles. The summed E-state index contributed by atoms with van der Waals surface area (Å²) in [4.78, 5) is 12.0. The first-order valence-electron chi connectivity index (χ1n) is 10.3. The number of hydrogen-bond donors (Lipinski definition) is 1. The summed E-state index contributed by atoms with van der Waals surface area (Å²) in [7, 11) is 1.59. The van der Waals surface area contributed by atoms with Gasteiger partial charge in [-0.05, 0) is 92.7 Å². The highest BCUT2D eigenvalue weighted by molar-refractivity contribution is 5.91. The van der Waals surface area contributed by atoms with Crippen molar-refractivity contribution < 1.29 is 19.4 Å². The van der Waals surface area contributed by atoms with Crippen molar-refractivity contribution in [3.05, 3.63) is 46.0 Å². The molecule has 4 rings (SSSR count). The molecule has 0 amide bonds. The van der Waals surface area contributed by atoms with Crippen LogP contribution in [-0.2, 0) is 30.4 Å². The molecule has 2 aromatic rings. The average Bonchev–Trinajstić information content (AvgIpc) is 2.73. The molecule has 0 aliphatic heterocycles. The van der Waals surface area contributed by atoms with Crippen molar-refractivity contribution in [2.45, 2.75) is 64.6 Å². The van der Waals surface area contributed by atoms with E-state index in [0.29, 0.717) is 11.3 Å². The number of benzene rings is 2. The molecule has 0 spiro atoms. The second-order valence-electron chi connectivity index (χ2n) is 7.86. The van der Waals surface area contributed by atoms with Crippen LogP contribution in [0.3, 0.4) is 0 Å². The summed E-state index contributed by atoms with van der Waals surface area (Å²) in [6.45, 7) is 1.82. The molecule has 0 radical (unpaired) electrons. The van der Waals surface area contributed by atoms with Gasteiger partial charge in [0, 0.05) is 18.2 Å². The van der Waals surface area contributed by atoms with Crippen LogP contribution < -0.4 is 4.74 Å². The van der Waals surface area contributed by atoms with Crippen LogP contribution in [0, 0.1) is 0 Å². The molecule has 1 N–H and O–H groups in total. The minimum Gasteiger partial charge on any atom is -0.507 e. The first-order chi connectivity index (χ1) is 13.6. The van der Waals surface area contributed by atoms with Crippen molar-refractivity contribution in [2.24, 2.45) is 0 Å². The Labute approximate surface area is 166 Å². The maximum absolute atomic E-state index is 12.0. The van der Waals surface area contributed by atoms with Crippen LogP contribution in [0.2, 0.25) is 0 Å². The quantitative estimate of drug-likeness (QED) is 0.586. The van der Waals surface area contributed by atoms with Crippen molar-refractivity contribution in [3.63, 3.8) is 0 Å². The summed E-state index contributed by atoms with van der Waals surface area (Å²) in [5.41, 5.74) is 7.21. The van der Waals surface area contributed by atoms with Crippen LogP contribution >= 0.6 is 0 Å². The Morgan fingerprint density at radius 1 is 0.964 bits per heavy atom. The Hall–Kier alpha value is -2.33. The number of aryl methyl sites for hydroxylation is 2. The smallest absolute Gasteiger partial charge is 0.196 e. The first-order valence-corrected chi connectivity index (χ1v) is 10.3. The van der Waals surface area contributed by atoms with Crippen LogP contribution in [0.5, 0.6) is 11.5 Å². The monoisotopic (exact) mass is 380 g/mol. The van der Waals surface area contributed by atoms with Crippen LogP contribution in [0.25, 0.3) is 11.1 Å². The number of carbonyl (C=O) groups is 1. The largest absolute Gasteiger partial charge is 0.507 e. The number of aldehydes is 1. The molecule has 1 atom stereocenters. The second-order valence-corrected chi connectivity index (χ2v) is 7.86. The van der Waals surface area contributed by atoms with E-state index in [1.54, 1.807) is 13.2 Å². The normalized spacial score (nSPS) is 16.8. The summed E-state index contributed by atoms with van der Waals surface area (Å²) in [5.74, 6) is 0.811. The van der Waals surface area contributed by atoms with Crippen LogP contribution in [0.4, 0.5) is 0 Å². The lowest BCUT2D eigenvalue weighted by molar-refractivity contribution is -0.0382. The molecule has 4 heteroatoms. The molecule has 0 bridgehead atoms. The van der Waals surface area contributed by atoms with E-state index < -0.39 is 6.29 Å². The number of hydrogen-bond acceptors (Lipinski definition) is 4. The predicted octanol–water partition coefficient (Wildman–Crippen LogP) is 5.00. The summed E-state index contributed by atoms with van der Waals surface area (Å²) < 4.78 is 11.4. The van der Waals surface area contributed by atoms with Gasteiger partial charge >= 0.3 is 0 Å². The maximum atomic E-state index is 12.0. The van der Waals surface area contributed by atoms with Crippen molar-refractivity contribution in [3.8, 4) is 22.6 Å². The van der Waals surface area contributed by atoms with Gasteiger partial charge in [-0.3, -0.25) is 4.79 Å². The zero-order valence-corrected chi connectivity index (χ0v) is 16.7. The van der Waals surface area contributed by atoms with Gasteiger partial charge in [0.05, 0.1) is 5.56 Å². The standard InChI is InChI=1S/C24H28O4/c1-15(27-2)28-24-18(14-25)13-17-8-4-6-10-20(17)23(24)22-19-9-5-3-7-16(19)11-12-21(22)26/h11-15,26H,3-10H2,1-2H3/t15-/m0/s1. The Morgan fingerprint density at radius 2 is 1.61 bits per heavy atom. The lowest BCUT2D eigenvalue weighted by Crippen LogP contribution is -2.18. The highest BCUT2D eigenvalue weighted by atomic mass is 16.7. The van der Waals surface area contributed by atoms with Gasteiger partial charge in [-0.25, -0.2) is 0 Å². The Bertz CT molecular complexity index is 900. The van der Waals surface area contributed by atoms with Crippen molar-refractivity contribution in [2.75, 3.05) is 7.11 Å². The van der Waals surface area contributed by atoms with Crippen LogP contribution in [0.15, 0.2) is 18.2 Å². The molecule has 0 heterocycles. The van der Waals surface area contributed by atoms with Gasteiger partial charge in [-0.15, -0.1) is 0 Å². The topological polar surface area (TPSA) is 55.8 Å². The lowest BCUT2D eigenvalue weighted by atomic mass is 9.79. The number of fused-ring (bicyclic) bond motifs is 2. The molecule has 0 unspecified atom stereocenters. The van der Waals surface area contributed by atoms with E-state index in [9.17, 15) is 9.90 Å². The number of methoxy groups -OCH3 is 1. The highest BCUT2D eigenvalue weighted by Crippen LogP contribution is 2.47. The summed E-state index contributed by atoms with van der Waals surface area (Å²) in [5, 5.41) is 10.9. The molecule has 0 saturated heterocycles. The zero-order chi connectivity index (χ0) is 19.7. The van der Waals surface area contributed by atoms with Crippen molar-refractivity contribution >= 4 is 6.29 Å². The fraction of sp³-hybridized carbons (Fsp3) is 0.458. The molecule has 2 aromatic carbocycles. The second kappa shape index (κ2) is 7.96. The minimum absolute atomic E-state index is 0.270. The van der Waals surface area contributed by atoms with E-state index in [1.807, 2.05) is 19.1 Å². The maximum Gasteiger partial charge on any atom is 0.196 e. The summed E-state index contributed by atoms with van der Waals surface area (Å²) in [6, 6.07) is 5.81. The molecule has 2 aliphatic rings. The third kappa shape index (κ3) is 3.30. The van der Waals surface area contributed by atoms with E-state index >= 15 is 0 Å². The van der Waals surface area contributed by atoms with E-state index in [1.165, 1.54) is 28.7 Å². The molecule has 28 heavy (non-hydrogen) atoms. The Balaban J connectivity index is 2.04. The number of ether oxygens (including phenoxy) is 2. The SMILES string of the molecule is CO[C@H](C)Oc1c(C=O)cc2c(c1-c1c(O)ccc3c1CCCC3)CCCC2. The van der Waals surface area contributed by atoms with Crippen LogP contribution in [-0.4, -0.2) is 24.8 Å². The van der Waals surface area contributed by atoms with Gasteiger partial charge in [0.1, 0.15) is 11.5 Å². The van der Waals surface area contributed by atoms with Gasteiger partial charge in [-0.1, -0.05) is 6.07 Å². The number of phenolic OH excluding ortho intramolecular Hbond substituents is 1. The van der Waals surface area contributed by atoms with E-state index in [2.05, 4.69) is 0 Å². The molecule has 2 aliphatic carbocycles. The Morgan fingerprint density at radius 3 is 2.29 bits per heavy atom. The van der Waals surface area contributed by atoms with Crippen molar-refractivity contribution in [1.82, 2.24) is 0 Å². The van der Waals surface area contributed by atoms with E-state index in [-0.39, 0.29) is 5.75 Å². The third-order valence-electron chi connectivity index (χ3n) is 6.13. The third-order valence-corrected chi connectivity index (χ3v) is 6.13. The molecular weight excluding hydrogens is 352 g/mol. The molecule has 4 nitrogen and oxygen atoms in total. The number of phenols is 1. The number of carbonyl (C=O) groups excluding carboxylic acids is 1. The van der Waals surface area contributed by atoms with Gasteiger partial charge in [-0.2, -0.15) is 0 Å². The predicted molar refractivity (Wildman–Crippen MR) is 109 cm³/mol. The fourth-order valence-electron chi connectivity index (χ4n) is 4.70. The fourth-order valence-corrected chi connectivity index (χ4v) is 4.70. The van der Waals surface area contributed by atoms with Gasteiger partial charge in [0.15, 0.2) is 12.6 Å². The highest BCUT2D eigenvalue weighted by Gasteiger charge is 2.28. The molecule has 0 aromatic heterocycles. The number of rotatable bonds is 5. The molecular formula is C24H28O4. The van der Waals surface area contributed by atoms with Crippen molar-refractivity contribution in [1.29, 1.82) is 0 Å². The van der Waals surface area contributed by atoms with Gasteiger partial charge in [0.25, 0.3) is 0 Å². The average molecular weight is 380 g/mol. The molecule has 148 valence electrons. The first kappa shape index (κ1) is 19.0. The summed E-state index contributed by atoms with van der Waals surface area (Å²) in [6.07, 6.45) is 8.76. The Kier molecular flexibility index (Phi) is 5.40. The number of aromatic hydroxyl groups is 1. The lowest BCUT2D eigenvalue weighted by Gasteiger charge is -2.28. The minimum atomic E-state index is -0.485.